The number of halogens is 1. The van der Waals surface area contributed by atoms with Crippen molar-refractivity contribution in [1.29, 1.82) is 0 Å². The third-order valence-corrected chi connectivity index (χ3v) is 7.41. The Morgan fingerprint density at radius 1 is 1.11 bits per heavy atom. The summed E-state index contributed by atoms with van der Waals surface area (Å²) in [4.78, 5) is 24.8. The Morgan fingerprint density at radius 2 is 1.83 bits per heavy atom. The lowest BCUT2D eigenvalue weighted by Crippen LogP contribution is -2.47. The molecular weight excluding hydrogens is 587 g/mol. The van der Waals surface area contributed by atoms with Crippen molar-refractivity contribution in [2.75, 3.05) is 25.1 Å². The normalized spacial score (nSPS) is 16.9. The van der Waals surface area contributed by atoms with Crippen molar-refractivity contribution in [3.05, 3.63) is 57.7 Å². The maximum absolute atomic E-state index is 13.1. The van der Waals surface area contributed by atoms with Crippen molar-refractivity contribution < 1.29 is 32.2 Å². The first-order valence-electron chi connectivity index (χ1n) is 11.3. The molecule has 0 aliphatic carbocycles. The molecule has 1 heterocycles. The van der Waals surface area contributed by atoms with Crippen LogP contribution in [-0.4, -0.2) is 52.4 Å². The first-order valence-corrected chi connectivity index (χ1v) is 13.9. The summed E-state index contributed by atoms with van der Waals surface area (Å²) < 4.78 is 45.4. The second kappa shape index (κ2) is 13.3. The summed E-state index contributed by atoms with van der Waals surface area (Å²) in [5.41, 5.74) is 1.19. The summed E-state index contributed by atoms with van der Waals surface area (Å²) in [6, 6.07) is 11.8. The molecule has 1 fully saturated rings. The molecule has 11 heteroatoms. The third-order valence-electron chi connectivity index (χ3n) is 5.20. The van der Waals surface area contributed by atoms with Crippen LogP contribution in [0.4, 0.5) is 5.69 Å². The molecule has 0 spiro atoms. The van der Waals surface area contributed by atoms with E-state index in [0.717, 1.165) is 22.0 Å². The minimum atomic E-state index is -3.98. The molecule has 2 N–H and O–H groups in total. The number of amides is 1. The van der Waals surface area contributed by atoms with Crippen molar-refractivity contribution in [2.45, 2.75) is 49.8 Å². The molecule has 1 saturated heterocycles. The van der Waals surface area contributed by atoms with Crippen LogP contribution in [0.1, 0.15) is 31.7 Å². The Labute approximate surface area is 219 Å². The van der Waals surface area contributed by atoms with E-state index >= 15 is 0 Å². The molecule has 0 saturated carbocycles. The van der Waals surface area contributed by atoms with E-state index in [-0.39, 0.29) is 23.9 Å². The Morgan fingerprint density at radius 3 is 2.46 bits per heavy atom. The molecule has 190 valence electrons. The third kappa shape index (κ3) is 8.83. The summed E-state index contributed by atoms with van der Waals surface area (Å²) in [5, 5.41) is 2.71. The van der Waals surface area contributed by atoms with Crippen LogP contribution in [0.3, 0.4) is 0 Å². The van der Waals surface area contributed by atoms with Gasteiger partial charge in [0, 0.05) is 15.9 Å². The van der Waals surface area contributed by atoms with Gasteiger partial charge in [-0.1, -0.05) is 12.1 Å². The van der Waals surface area contributed by atoms with Crippen molar-refractivity contribution in [2.24, 2.45) is 0 Å². The summed E-state index contributed by atoms with van der Waals surface area (Å²) in [6.45, 7) is 2.42. The highest BCUT2D eigenvalue weighted by atomic mass is 127. The van der Waals surface area contributed by atoms with Gasteiger partial charge >= 0.3 is 5.97 Å². The van der Waals surface area contributed by atoms with Crippen LogP contribution < -0.4 is 10.0 Å². The van der Waals surface area contributed by atoms with Gasteiger partial charge in [0.1, 0.15) is 6.04 Å². The first-order chi connectivity index (χ1) is 16.8. The zero-order valence-corrected chi connectivity index (χ0v) is 22.3. The molecule has 3 rings (SSSR count). The van der Waals surface area contributed by atoms with Gasteiger partial charge in [-0.2, -0.15) is 4.72 Å². The van der Waals surface area contributed by atoms with Crippen molar-refractivity contribution in [3.8, 4) is 0 Å². The summed E-state index contributed by atoms with van der Waals surface area (Å²) in [6.07, 6.45) is 2.20. The molecule has 1 aliphatic heterocycles. The van der Waals surface area contributed by atoms with Crippen LogP contribution in [0.25, 0.3) is 0 Å². The Bertz CT molecular complexity index is 1090. The molecule has 9 nitrogen and oxygen atoms in total. The molecule has 1 amide bonds. The van der Waals surface area contributed by atoms with Crippen LogP contribution in [0, 0.1) is 3.57 Å². The Kier molecular flexibility index (Phi) is 10.5. The maximum Gasteiger partial charge on any atom is 0.310 e. The minimum Gasteiger partial charge on any atom is -0.466 e. The number of esters is 1. The molecule has 2 atom stereocenters. The molecule has 0 bridgehead atoms. The monoisotopic (exact) mass is 616 g/mol. The number of nitrogens with one attached hydrogen (secondary N) is 2. The predicted octanol–water partition coefficient (Wildman–Crippen LogP) is 3.23. The largest absolute Gasteiger partial charge is 0.466 e. The number of benzene rings is 2. The molecule has 0 aromatic heterocycles. The smallest absolute Gasteiger partial charge is 0.310 e. The van der Waals surface area contributed by atoms with Crippen molar-refractivity contribution >= 4 is 50.2 Å². The number of sulfonamides is 1. The summed E-state index contributed by atoms with van der Waals surface area (Å²) in [7, 11) is -3.98. The zero-order chi connectivity index (χ0) is 25.3. The first kappa shape index (κ1) is 27.5. The van der Waals surface area contributed by atoms with Gasteiger partial charge < -0.3 is 19.5 Å². The molecule has 0 radical (unpaired) electrons. The van der Waals surface area contributed by atoms with Crippen LogP contribution in [0.5, 0.6) is 0 Å². The lowest BCUT2D eigenvalue weighted by Gasteiger charge is -2.25. The van der Waals surface area contributed by atoms with E-state index in [2.05, 4.69) is 32.6 Å². The molecule has 2 aromatic carbocycles. The highest BCUT2D eigenvalue weighted by Gasteiger charge is 2.28. The van der Waals surface area contributed by atoms with Crippen molar-refractivity contribution in [3.63, 3.8) is 0 Å². The number of anilines is 1. The second-order valence-electron chi connectivity index (χ2n) is 7.93. The lowest BCUT2D eigenvalue weighted by molar-refractivity contribution is -0.166. The van der Waals surface area contributed by atoms with Crippen LogP contribution >= 0.6 is 22.6 Å². The van der Waals surface area contributed by atoms with Gasteiger partial charge in [0.05, 0.1) is 24.5 Å². The van der Waals surface area contributed by atoms with Gasteiger partial charge in [-0.3, -0.25) is 9.59 Å². The lowest BCUT2D eigenvalue weighted by atomic mass is 10.1. The van der Waals surface area contributed by atoms with E-state index in [9.17, 15) is 18.0 Å². The van der Waals surface area contributed by atoms with Gasteiger partial charge in [-0.25, -0.2) is 8.42 Å². The van der Waals surface area contributed by atoms with Crippen molar-refractivity contribution in [1.82, 2.24) is 4.72 Å². The number of hydrogen-bond acceptors (Lipinski definition) is 7. The quantitative estimate of drug-likeness (QED) is 0.294. The van der Waals surface area contributed by atoms with E-state index in [1.807, 2.05) is 0 Å². The number of hydrogen-bond donors (Lipinski definition) is 2. The van der Waals surface area contributed by atoms with E-state index in [1.165, 1.54) is 12.1 Å². The SMILES string of the molecule is CCOC(=O)Cc1ccc(NC(=O)C(COC2CCCCO2)NS(=O)(=O)c2ccc(I)cc2)cc1. The van der Waals surface area contributed by atoms with Crippen LogP contribution in [0.2, 0.25) is 0 Å². The summed E-state index contributed by atoms with van der Waals surface area (Å²) >= 11 is 2.08. The van der Waals surface area contributed by atoms with Gasteiger partial charge in [0.2, 0.25) is 15.9 Å². The fraction of sp³-hybridized carbons (Fsp3) is 0.417. The Balaban J connectivity index is 1.70. The standard InChI is InChI=1S/C24H29IN2O7S/c1-2-32-22(28)15-17-6-10-19(11-7-17)26-24(29)21(16-34-23-5-3-4-14-33-23)27-35(30,31)20-12-8-18(25)9-13-20/h6-13,21,23,27H,2-5,14-16H2,1H3,(H,26,29). The number of ether oxygens (including phenoxy) is 3. The maximum atomic E-state index is 13.1. The van der Waals surface area contributed by atoms with E-state index in [4.69, 9.17) is 14.2 Å². The second-order valence-corrected chi connectivity index (χ2v) is 10.9. The average molecular weight is 616 g/mol. The predicted molar refractivity (Wildman–Crippen MR) is 138 cm³/mol. The Hall–Kier alpha value is -2.06. The highest BCUT2D eigenvalue weighted by Crippen LogP contribution is 2.17. The number of carbonyl (C=O) groups is 2. The minimum absolute atomic E-state index is 0.0490. The molecule has 35 heavy (non-hydrogen) atoms. The van der Waals surface area contributed by atoms with E-state index in [0.29, 0.717) is 25.3 Å². The number of rotatable bonds is 11. The zero-order valence-electron chi connectivity index (χ0n) is 19.4. The fourth-order valence-corrected chi connectivity index (χ4v) is 4.93. The van der Waals surface area contributed by atoms with E-state index in [1.54, 1.807) is 43.3 Å². The fourth-order valence-electron chi connectivity index (χ4n) is 3.39. The summed E-state index contributed by atoms with van der Waals surface area (Å²) in [5.74, 6) is -0.913. The topological polar surface area (TPSA) is 120 Å². The molecular formula is C24H29IN2O7S. The molecule has 2 unspecified atom stereocenters. The van der Waals surface area contributed by atoms with Crippen LogP contribution in [-0.2, 0) is 40.2 Å². The van der Waals surface area contributed by atoms with Gasteiger partial charge in [0.15, 0.2) is 6.29 Å². The highest BCUT2D eigenvalue weighted by molar-refractivity contribution is 14.1. The van der Waals surface area contributed by atoms with Gasteiger partial charge in [0.25, 0.3) is 0 Å². The van der Waals surface area contributed by atoms with Crippen LogP contribution in [0.15, 0.2) is 53.4 Å². The molecule has 2 aromatic rings. The van der Waals surface area contributed by atoms with E-state index < -0.39 is 28.3 Å². The average Bonchev–Trinajstić information content (AvgIpc) is 2.84. The van der Waals surface area contributed by atoms with Gasteiger partial charge in [-0.15, -0.1) is 0 Å². The van der Waals surface area contributed by atoms with Gasteiger partial charge in [-0.05, 0) is 90.7 Å². The molecule has 1 aliphatic rings. The number of carbonyl (C=O) groups excluding carboxylic acids is 2.